The van der Waals surface area contributed by atoms with Crippen molar-refractivity contribution in [2.75, 3.05) is 0 Å². The molecule has 0 saturated heterocycles. The summed E-state index contributed by atoms with van der Waals surface area (Å²) >= 11 is 0. The van der Waals surface area contributed by atoms with Gasteiger partial charge in [-0.1, -0.05) is 187 Å². The standard InChI is InChI=1S/C65H42O2/c1-39-24-30-43(31-25-39)65(44-32-26-40(2)27-33-44)58-21-6-3-12-47(58)52-19-11-20-53(64(52)65)63-50-17-9-15-45(41-28-34-61-56(36-41)48-13-4-7-22-59(48)66-61)54(50)38-55-46(16-10-18-51(55)63)42-29-35-62-57(37-42)49-14-5-8-23-60(49)67-62/h3-38H,1-2H3. The molecule has 1 aliphatic rings. The lowest BCUT2D eigenvalue weighted by molar-refractivity contribution is 0.668. The second-order valence-corrected chi connectivity index (χ2v) is 18.4. The molecule has 67 heavy (non-hydrogen) atoms. The Bertz CT molecular complexity index is 3940. The van der Waals surface area contributed by atoms with Crippen LogP contribution in [0, 0.1) is 13.8 Å². The first-order valence-corrected chi connectivity index (χ1v) is 23.2. The molecule has 0 amide bonds. The average molecular weight is 855 g/mol. The van der Waals surface area contributed by atoms with Crippen molar-refractivity contribution in [3.05, 3.63) is 252 Å². The summed E-state index contributed by atoms with van der Waals surface area (Å²) < 4.78 is 12.7. The molecule has 2 aromatic heterocycles. The highest BCUT2D eigenvalue weighted by molar-refractivity contribution is 6.21. The van der Waals surface area contributed by atoms with Crippen molar-refractivity contribution in [2.24, 2.45) is 0 Å². The minimum atomic E-state index is -0.603. The maximum absolute atomic E-state index is 6.35. The van der Waals surface area contributed by atoms with Crippen molar-refractivity contribution < 1.29 is 8.83 Å². The molecule has 0 saturated carbocycles. The molecule has 314 valence electrons. The van der Waals surface area contributed by atoms with E-state index in [2.05, 4.69) is 220 Å². The summed E-state index contributed by atoms with van der Waals surface area (Å²) in [6.45, 7) is 4.36. The second-order valence-electron chi connectivity index (χ2n) is 18.4. The first kappa shape index (κ1) is 37.9. The molecular formula is C65H42O2. The van der Waals surface area contributed by atoms with Crippen LogP contribution >= 0.6 is 0 Å². The van der Waals surface area contributed by atoms with Gasteiger partial charge in [0, 0.05) is 21.5 Å². The third-order valence-corrected chi connectivity index (χ3v) is 14.7. The normalized spacial score (nSPS) is 13.0. The molecule has 0 N–H and O–H groups in total. The Morgan fingerprint density at radius 1 is 0.299 bits per heavy atom. The zero-order valence-corrected chi connectivity index (χ0v) is 37.1. The predicted octanol–water partition coefficient (Wildman–Crippen LogP) is 17.8. The molecule has 0 unspecified atom stereocenters. The highest BCUT2D eigenvalue weighted by Crippen LogP contribution is 2.60. The van der Waals surface area contributed by atoms with Gasteiger partial charge in [-0.25, -0.2) is 0 Å². The topological polar surface area (TPSA) is 26.3 Å². The van der Waals surface area contributed by atoms with Crippen LogP contribution in [0.15, 0.2) is 227 Å². The fourth-order valence-corrected chi connectivity index (χ4v) is 11.7. The van der Waals surface area contributed by atoms with Crippen LogP contribution in [-0.4, -0.2) is 0 Å². The largest absolute Gasteiger partial charge is 0.456 e. The summed E-state index contributed by atoms with van der Waals surface area (Å²) in [6.07, 6.45) is 0. The average Bonchev–Trinajstić information content (AvgIpc) is 4.04. The lowest BCUT2D eigenvalue weighted by Gasteiger charge is -2.36. The van der Waals surface area contributed by atoms with Gasteiger partial charge in [-0.2, -0.15) is 0 Å². The summed E-state index contributed by atoms with van der Waals surface area (Å²) in [5, 5.41) is 9.30. The van der Waals surface area contributed by atoms with E-state index in [9.17, 15) is 0 Å². The number of hydrogen-bond acceptors (Lipinski definition) is 2. The Balaban J connectivity index is 1.13. The van der Waals surface area contributed by atoms with Gasteiger partial charge in [0.05, 0.1) is 5.41 Å². The molecule has 0 atom stereocenters. The molecule has 0 fully saturated rings. The summed E-state index contributed by atoms with van der Waals surface area (Å²) in [7, 11) is 0. The quantitative estimate of drug-likeness (QED) is 0.161. The van der Waals surface area contributed by atoms with E-state index in [4.69, 9.17) is 8.83 Å². The van der Waals surface area contributed by atoms with E-state index in [0.29, 0.717) is 0 Å². The molecule has 2 heterocycles. The molecule has 13 aromatic rings. The molecule has 0 bridgehead atoms. The molecule has 1 aliphatic carbocycles. The molecule has 0 aliphatic heterocycles. The highest BCUT2D eigenvalue weighted by Gasteiger charge is 2.48. The fraction of sp³-hybridized carbons (Fsp3) is 0.0462. The van der Waals surface area contributed by atoms with Crippen LogP contribution < -0.4 is 0 Å². The summed E-state index contributed by atoms with van der Waals surface area (Å²) in [6, 6.07) is 81.0. The zero-order valence-electron chi connectivity index (χ0n) is 37.1. The Labute approximate surface area is 388 Å². The minimum Gasteiger partial charge on any atom is -0.456 e. The molecule has 2 heteroatoms. The van der Waals surface area contributed by atoms with Crippen LogP contribution in [0.25, 0.3) is 110 Å². The summed E-state index contributed by atoms with van der Waals surface area (Å²) in [4.78, 5) is 0. The predicted molar refractivity (Wildman–Crippen MR) is 279 cm³/mol. The molecule has 2 nitrogen and oxygen atoms in total. The van der Waals surface area contributed by atoms with Crippen LogP contribution in [0.3, 0.4) is 0 Å². The smallest absolute Gasteiger partial charge is 0.135 e. The van der Waals surface area contributed by atoms with E-state index in [0.717, 1.165) is 55.0 Å². The van der Waals surface area contributed by atoms with Crippen molar-refractivity contribution in [1.29, 1.82) is 0 Å². The lowest BCUT2D eigenvalue weighted by Crippen LogP contribution is -2.29. The van der Waals surface area contributed by atoms with Gasteiger partial charge in [0.25, 0.3) is 0 Å². The van der Waals surface area contributed by atoms with E-state index in [1.807, 2.05) is 12.1 Å². The van der Waals surface area contributed by atoms with E-state index < -0.39 is 5.41 Å². The SMILES string of the molecule is Cc1ccc(C2(c3ccc(C)cc3)c3ccccc3-c3cccc(-c4c5cccc(-c6ccc7oc8ccccc8c7c6)c5cc5c(-c6ccc7oc8ccccc8c7c6)cccc45)c32)cc1. The van der Waals surface area contributed by atoms with E-state index in [1.54, 1.807) is 0 Å². The Morgan fingerprint density at radius 3 is 1.30 bits per heavy atom. The molecule has 11 aromatic carbocycles. The van der Waals surface area contributed by atoms with Crippen molar-refractivity contribution >= 4 is 65.4 Å². The number of aryl methyl sites for hydroxylation is 2. The van der Waals surface area contributed by atoms with Gasteiger partial charge in [0.2, 0.25) is 0 Å². The van der Waals surface area contributed by atoms with Crippen LogP contribution in [0.1, 0.15) is 33.4 Å². The van der Waals surface area contributed by atoms with E-state index >= 15 is 0 Å². The lowest BCUT2D eigenvalue weighted by atomic mass is 9.65. The highest BCUT2D eigenvalue weighted by atomic mass is 16.3. The number of rotatable bonds is 5. The Kier molecular flexibility index (Phi) is 8.06. The number of fused-ring (bicyclic) bond motifs is 11. The zero-order chi connectivity index (χ0) is 44.4. The molecule has 0 spiro atoms. The molecule has 0 radical (unpaired) electrons. The van der Waals surface area contributed by atoms with E-state index in [-0.39, 0.29) is 0 Å². The van der Waals surface area contributed by atoms with Crippen LogP contribution in [-0.2, 0) is 5.41 Å². The third kappa shape index (κ3) is 5.45. The van der Waals surface area contributed by atoms with Gasteiger partial charge in [0.1, 0.15) is 22.3 Å². The number of hydrogen-bond donors (Lipinski definition) is 0. The van der Waals surface area contributed by atoms with E-state index in [1.165, 1.54) is 88.3 Å². The van der Waals surface area contributed by atoms with Crippen molar-refractivity contribution in [3.63, 3.8) is 0 Å². The summed E-state index contributed by atoms with van der Waals surface area (Å²) in [5.74, 6) is 0. The van der Waals surface area contributed by atoms with Crippen molar-refractivity contribution in [2.45, 2.75) is 19.3 Å². The minimum absolute atomic E-state index is 0.603. The van der Waals surface area contributed by atoms with Gasteiger partial charge >= 0.3 is 0 Å². The Hall–Kier alpha value is -8.46. The number of para-hydroxylation sites is 2. The molecular weight excluding hydrogens is 813 g/mol. The van der Waals surface area contributed by atoms with Gasteiger partial charge in [-0.15, -0.1) is 0 Å². The second kappa shape index (κ2) is 14.3. The number of furan rings is 2. The van der Waals surface area contributed by atoms with Gasteiger partial charge in [-0.05, 0) is 145 Å². The first-order valence-electron chi connectivity index (χ1n) is 23.2. The van der Waals surface area contributed by atoms with Crippen molar-refractivity contribution in [3.8, 4) is 44.5 Å². The molecule has 14 rings (SSSR count). The number of benzene rings is 11. The van der Waals surface area contributed by atoms with Crippen LogP contribution in [0.2, 0.25) is 0 Å². The first-order chi connectivity index (χ1) is 33.0. The maximum atomic E-state index is 6.35. The van der Waals surface area contributed by atoms with Gasteiger partial charge < -0.3 is 8.83 Å². The van der Waals surface area contributed by atoms with Gasteiger partial charge in [0.15, 0.2) is 0 Å². The monoisotopic (exact) mass is 854 g/mol. The summed E-state index contributed by atoms with van der Waals surface area (Å²) in [5.41, 5.74) is 20.2. The maximum Gasteiger partial charge on any atom is 0.135 e. The van der Waals surface area contributed by atoms with Crippen LogP contribution in [0.5, 0.6) is 0 Å². The van der Waals surface area contributed by atoms with Crippen LogP contribution in [0.4, 0.5) is 0 Å². The third-order valence-electron chi connectivity index (χ3n) is 14.7. The Morgan fingerprint density at radius 2 is 0.731 bits per heavy atom. The van der Waals surface area contributed by atoms with Crippen molar-refractivity contribution in [1.82, 2.24) is 0 Å². The van der Waals surface area contributed by atoms with Gasteiger partial charge in [-0.3, -0.25) is 0 Å². The fourth-order valence-electron chi connectivity index (χ4n) is 11.7.